The van der Waals surface area contributed by atoms with Crippen LogP contribution in [-0.2, 0) is 4.79 Å². The first-order valence-electron chi connectivity index (χ1n) is 4.76. The largest absolute Gasteiger partial charge is 0.480 e. The van der Waals surface area contributed by atoms with Gasteiger partial charge in [0.15, 0.2) is 0 Å². The number of rotatable bonds is 4. The zero-order valence-electron chi connectivity index (χ0n) is 8.29. The van der Waals surface area contributed by atoms with Crippen molar-refractivity contribution >= 4 is 5.97 Å². The van der Waals surface area contributed by atoms with E-state index in [1.807, 2.05) is 11.9 Å². The molecule has 2 unspecified atom stereocenters. The number of nitrogens with one attached hydrogen (secondary N) is 1. The molecule has 0 aromatic heterocycles. The minimum absolute atomic E-state index is 0.332. The lowest BCUT2D eigenvalue weighted by Crippen LogP contribution is -2.37. The summed E-state index contributed by atoms with van der Waals surface area (Å²) < 4.78 is 0. The lowest BCUT2D eigenvalue weighted by molar-refractivity contribution is -0.142. The molecule has 0 radical (unpaired) electrons. The van der Waals surface area contributed by atoms with Crippen molar-refractivity contribution in [3.8, 4) is 0 Å². The normalized spacial score (nSPS) is 26.2. The van der Waals surface area contributed by atoms with E-state index >= 15 is 0 Å². The van der Waals surface area contributed by atoms with Crippen molar-refractivity contribution < 1.29 is 9.90 Å². The molecule has 1 rings (SSSR count). The Morgan fingerprint density at radius 3 is 3.00 bits per heavy atom. The van der Waals surface area contributed by atoms with Crippen LogP contribution in [0.2, 0.25) is 0 Å². The van der Waals surface area contributed by atoms with E-state index < -0.39 is 5.97 Å². The summed E-state index contributed by atoms with van der Waals surface area (Å²) in [6, 6.07) is -0.332. The molecule has 1 fully saturated rings. The van der Waals surface area contributed by atoms with Gasteiger partial charge in [-0.3, -0.25) is 9.69 Å². The molecule has 1 aliphatic heterocycles. The second-order valence-corrected chi connectivity index (χ2v) is 3.72. The van der Waals surface area contributed by atoms with Crippen molar-refractivity contribution in [2.24, 2.45) is 5.92 Å². The van der Waals surface area contributed by atoms with E-state index in [-0.39, 0.29) is 6.04 Å². The van der Waals surface area contributed by atoms with Crippen LogP contribution in [0.4, 0.5) is 0 Å². The third-order valence-corrected chi connectivity index (χ3v) is 2.72. The minimum Gasteiger partial charge on any atom is -0.480 e. The minimum atomic E-state index is -0.717. The van der Waals surface area contributed by atoms with Crippen LogP contribution in [0, 0.1) is 5.92 Å². The molecule has 4 nitrogen and oxygen atoms in total. The molecule has 0 amide bonds. The standard InChI is InChI=1S/C9H18N2O2/c1-7(9(12)13)11-4-3-8(6-11)5-10-2/h7-8,10H,3-6H2,1-2H3,(H,12,13). The van der Waals surface area contributed by atoms with Gasteiger partial charge in [-0.15, -0.1) is 0 Å². The maximum atomic E-state index is 10.7. The number of carboxylic acid groups (broad SMARTS) is 1. The number of hydrogen-bond donors (Lipinski definition) is 2. The molecule has 0 aromatic rings. The smallest absolute Gasteiger partial charge is 0.320 e. The number of hydrogen-bond acceptors (Lipinski definition) is 3. The Labute approximate surface area is 78.9 Å². The van der Waals surface area contributed by atoms with E-state index in [0.717, 1.165) is 26.1 Å². The second-order valence-electron chi connectivity index (χ2n) is 3.72. The molecule has 0 bridgehead atoms. The number of carbonyl (C=O) groups is 1. The SMILES string of the molecule is CNCC1CCN(C(C)C(=O)O)C1. The molecule has 1 aliphatic rings. The predicted octanol–water partition coefficient (Wildman–Crippen LogP) is 0.000800. The van der Waals surface area contributed by atoms with Crippen LogP contribution in [0.3, 0.4) is 0 Å². The summed E-state index contributed by atoms with van der Waals surface area (Å²) >= 11 is 0. The average molecular weight is 186 g/mol. The van der Waals surface area contributed by atoms with E-state index in [0.29, 0.717) is 5.92 Å². The van der Waals surface area contributed by atoms with Gasteiger partial charge in [-0.25, -0.2) is 0 Å². The Kier molecular flexibility index (Phi) is 3.69. The van der Waals surface area contributed by atoms with Gasteiger partial charge in [0.05, 0.1) is 0 Å². The Bertz CT molecular complexity index is 184. The lowest BCUT2D eigenvalue weighted by Gasteiger charge is -2.20. The van der Waals surface area contributed by atoms with Crippen LogP contribution in [0.15, 0.2) is 0 Å². The fourth-order valence-corrected chi connectivity index (χ4v) is 1.83. The number of aliphatic carboxylic acids is 1. The van der Waals surface area contributed by atoms with Crippen LogP contribution in [0.25, 0.3) is 0 Å². The summed E-state index contributed by atoms with van der Waals surface area (Å²) in [7, 11) is 1.93. The number of carboxylic acids is 1. The maximum Gasteiger partial charge on any atom is 0.320 e. The molecule has 2 atom stereocenters. The van der Waals surface area contributed by atoms with Gasteiger partial charge < -0.3 is 10.4 Å². The van der Waals surface area contributed by atoms with Gasteiger partial charge in [0.2, 0.25) is 0 Å². The molecule has 0 spiro atoms. The molecule has 76 valence electrons. The lowest BCUT2D eigenvalue weighted by atomic mass is 10.1. The molecule has 4 heteroatoms. The summed E-state index contributed by atoms with van der Waals surface area (Å²) in [6.45, 7) is 4.57. The number of nitrogens with zero attached hydrogens (tertiary/aromatic N) is 1. The zero-order chi connectivity index (χ0) is 9.84. The molecular weight excluding hydrogens is 168 g/mol. The van der Waals surface area contributed by atoms with E-state index in [2.05, 4.69) is 5.32 Å². The summed E-state index contributed by atoms with van der Waals surface area (Å²) in [6.07, 6.45) is 1.11. The quantitative estimate of drug-likeness (QED) is 0.649. The van der Waals surface area contributed by atoms with Crippen molar-refractivity contribution in [1.29, 1.82) is 0 Å². The van der Waals surface area contributed by atoms with Crippen molar-refractivity contribution in [2.75, 3.05) is 26.7 Å². The second kappa shape index (κ2) is 4.58. The Balaban J connectivity index is 2.36. The van der Waals surface area contributed by atoms with Gasteiger partial charge in [0.25, 0.3) is 0 Å². The van der Waals surface area contributed by atoms with Crippen LogP contribution >= 0.6 is 0 Å². The van der Waals surface area contributed by atoms with Gasteiger partial charge in [0, 0.05) is 6.54 Å². The third-order valence-electron chi connectivity index (χ3n) is 2.72. The van der Waals surface area contributed by atoms with E-state index in [9.17, 15) is 4.79 Å². The third kappa shape index (κ3) is 2.67. The topological polar surface area (TPSA) is 52.6 Å². The Morgan fingerprint density at radius 1 is 1.77 bits per heavy atom. The molecule has 0 saturated carbocycles. The van der Waals surface area contributed by atoms with Gasteiger partial charge in [-0.2, -0.15) is 0 Å². The van der Waals surface area contributed by atoms with Gasteiger partial charge in [-0.05, 0) is 39.4 Å². The van der Waals surface area contributed by atoms with Crippen molar-refractivity contribution in [2.45, 2.75) is 19.4 Å². The summed E-state index contributed by atoms with van der Waals surface area (Å²) in [5.41, 5.74) is 0. The van der Waals surface area contributed by atoms with Gasteiger partial charge in [-0.1, -0.05) is 0 Å². The molecule has 1 heterocycles. The summed E-state index contributed by atoms with van der Waals surface area (Å²) in [5.74, 6) is -0.100. The predicted molar refractivity (Wildman–Crippen MR) is 50.7 cm³/mol. The fraction of sp³-hybridized carbons (Fsp3) is 0.889. The first-order chi connectivity index (χ1) is 6.15. The highest BCUT2D eigenvalue weighted by Crippen LogP contribution is 2.17. The molecular formula is C9H18N2O2. The van der Waals surface area contributed by atoms with Crippen LogP contribution in [0.5, 0.6) is 0 Å². The van der Waals surface area contributed by atoms with E-state index in [4.69, 9.17) is 5.11 Å². The van der Waals surface area contributed by atoms with Crippen LogP contribution in [0.1, 0.15) is 13.3 Å². The first kappa shape index (κ1) is 10.5. The van der Waals surface area contributed by atoms with Crippen molar-refractivity contribution in [3.63, 3.8) is 0 Å². The van der Waals surface area contributed by atoms with Gasteiger partial charge >= 0.3 is 5.97 Å². The van der Waals surface area contributed by atoms with Crippen LogP contribution in [-0.4, -0.2) is 48.7 Å². The molecule has 1 saturated heterocycles. The molecule has 0 aromatic carbocycles. The fourth-order valence-electron chi connectivity index (χ4n) is 1.83. The number of likely N-dealkylation sites (tertiary alicyclic amines) is 1. The molecule has 0 aliphatic carbocycles. The van der Waals surface area contributed by atoms with Gasteiger partial charge in [0.1, 0.15) is 6.04 Å². The van der Waals surface area contributed by atoms with E-state index in [1.54, 1.807) is 6.92 Å². The van der Waals surface area contributed by atoms with Crippen molar-refractivity contribution in [1.82, 2.24) is 10.2 Å². The maximum absolute atomic E-state index is 10.7. The van der Waals surface area contributed by atoms with E-state index in [1.165, 1.54) is 0 Å². The average Bonchev–Trinajstić information content (AvgIpc) is 2.52. The van der Waals surface area contributed by atoms with Crippen LogP contribution < -0.4 is 5.32 Å². The Hall–Kier alpha value is -0.610. The first-order valence-corrected chi connectivity index (χ1v) is 4.76. The zero-order valence-corrected chi connectivity index (χ0v) is 8.29. The highest BCUT2D eigenvalue weighted by Gasteiger charge is 2.28. The molecule has 13 heavy (non-hydrogen) atoms. The highest BCUT2D eigenvalue weighted by molar-refractivity contribution is 5.72. The molecule has 2 N–H and O–H groups in total. The highest BCUT2D eigenvalue weighted by atomic mass is 16.4. The summed E-state index contributed by atoms with van der Waals surface area (Å²) in [5, 5.41) is 11.9. The van der Waals surface area contributed by atoms with Crippen molar-refractivity contribution in [3.05, 3.63) is 0 Å². The monoisotopic (exact) mass is 186 g/mol. The summed E-state index contributed by atoms with van der Waals surface area (Å²) in [4.78, 5) is 12.7. The Morgan fingerprint density at radius 2 is 2.46 bits per heavy atom.